The summed E-state index contributed by atoms with van der Waals surface area (Å²) in [6, 6.07) is 4.89. The predicted molar refractivity (Wildman–Crippen MR) is 77.0 cm³/mol. The van der Waals surface area contributed by atoms with Gasteiger partial charge < -0.3 is 9.84 Å². The van der Waals surface area contributed by atoms with E-state index in [9.17, 15) is 9.90 Å². The Bertz CT molecular complexity index is 399. The molecule has 0 saturated carbocycles. The van der Waals surface area contributed by atoms with Crippen LogP contribution in [0.3, 0.4) is 0 Å². The summed E-state index contributed by atoms with van der Waals surface area (Å²) in [6.07, 6.45) is 5.54. The molecule has 0 aliphatic heterocycles. The second-order valence-corrected chi connectivity index (χ2v) is 4.76. The lowest BCUT2D eigenvalue weighted by molar-refractivity contribution is 0.0976. The Balaban J connectivity index is 2.65. The van der Waals surface area contributed by atoms with E-state index < -0.39 is 0 Å². The zero-order valence-corrected chi connectivity index (χ0v) is 11.9. The van der Waals surface area contributed by atoms with Gasteiger partial charge >= 0.3 is 0 Å². The van der Waals surface area contributed by atoms with Gasteiger partial charge in [-0.3, -0.25) is 4.79 Å². The van der Waals surface area contributed by atoms with Crippen molar-refractivity contribution in [1.82, 2.24) is 0 Å². The molecule has 1 N–H and O–H groups in total. The number of ether oxygens (including phenoxy) is 1. The summed E-state index contributed by atoms with van der Waals surface area (Å²) in [7, 11) is 0. The van der Waals surface area contributed by atoms with Crippen molar-refractivity contribution in [2.75, 3.05) is 6.61 Å². The maximum Gasteiger partial charge on any atom is 0.166 e. The number of carbonyl (C=O) groups is 1. The smallest absolute Gasteiger partial charge is 0.166 e. The van der Waals surface area contributed by atoms with Gasteiger partial charge in [0.25, 0.3) is 0 Å². The molecule has 0 spiro atoms. The van der Waals surface area contributed by atoms with Gasteiger partial charge in [-0.2, -0.15) is 0 Å². The molecule has 1 aromatic carbocycles. The Labute approximate surface area is 115 Å². The zero-order chi connectivity index (χ0) is 14.1. The van der Waals surface area contributed by atoms with E-state index in [0.717, 1.165) is 32.1 Å². The topological polar surface area (TPSA) is 46.5 Å². The summed E-state index contributed by atoms with van der Waals surface area (Å²) in [5.74, 6) is 0.696. The number of unbranched alkanes of at least 4 members (excludes halogenated alkanes) is 3. The van der Waals surface area contributed by atoms with Gasteiger partial charge in [0, 0.05) is 6.42 Å². The van der Waals surface area contributed by atoms with Gasteiger partial charge in [0.2, 0.25) is 0 Å². The molecule has 0 amide bonds. The minimum absolute atomic E-state index is 0.00751. The van der Waals surface area contributed by atoms with Crippen molar-refractivity contribution in [2.24, 2.45) is 0 Å². The van der Waals surface area contributed by atoms with Crippen molar-refractivity contribution >= 4 is 5.78 Å². The van der Waals surface area contributed by atoms with E-state index in [-0.39, 0.29) is 11.5 Å². The van der Waals surface area contributed by atoms with Crippen LogP contribution >= 0.6 is 0 Å². The molecule has 0 unspecified atom stereocenters. The number of hydrogen-bond donors (Lipinski definition) is 1. The SMILES string of the molecule is CCCCCC(=O)c1cc(OCCCC)ccc1O. The van der Waals surface area contributed by atoms with Crippen LogP contribution in [0, 0.1) is 0 Å². The molecule has 0 fully saturated rings. The van der Waals surface area contributed by atoms with Crippen molar-refractivity contribution in [1.29, 1.82) is 0 Å². The fraction of sp³-hybridized carbons (Fsp3) is 0.562. The normalized spacial score (nSPS) is 10.4. The molecule has 19 heavy (non-hydrogen) atoms. The Kier molecular flexibility index (Phi) is 7.01. The first-order chi connectivity index (χ1) is 9.19. The van der Waals surface area contributed by atoms with E-state index in [1.54, 1.807) is 12.1 Å². The average Bonchev–Trinajstić information content (AvgIpc) is 2.41. The first-order valence-electron chi connectivity index (χ1n) is 7.18. The molecule has 1 aromatic rings. The molecule has 0 aliphatic carbocycles. The summed E-state index contributed by atoms with van der Waals surface area (Å²) in [5, 5.41) is 9.76. The molecule has 0 bridgehead atoms. The Morgan fingerprint density at radius 1 is 1.16 bits per heavy atom. The van der Waals surface area contributed by atoms with Crippen LogP contribution in [0.5, 0.6) is 11.5 Å². The predicted octanol–water partition coefficient (Wildman–Crippen LogP) is 4.33. The fourth-order valence-electron chi connectivity index (χ4n) is 1.83. The fourth-order valence-corrected chi connectivity index (χ4v) is 1.83. The quantitative estimate of drug-likeness (QED) is 0.533. The number of phenolic OH excluding ortho intramolecular Hbond substituents is 1. The van der Waals surface area contributed by atoms with Crippen LogP contribution in [-0.4, -0.2) is 17.5 Å². The maximum absolute atomic E-state index is 12.0. The van der Waals surface area contributed by atoms with Crippen LogP contribution < -0.4 is 4.74 Å². The molecular weight excluding hydrogens is 240 g/mol. The molecule has 106 valence electrons. The molecule has 3 nitrogen and oxygen atoms in total. The highest BCUT2D eigenvalue weighted by Crippen LogP contribution is 2.25. The maximum atomic E-state index is 12.0. The second-order valence-electron chi connectivity index (χ2n) is 4.76. The molecular formula is C16H24O3. The summed E-state index contributed by atoms with van der Waals surface area (Å²) in [6.45, 7) is 4.84. The van der Waals surface area contributed by atoms with Gasteiger partial charge in [-0.05, 0) is 31.0 Å². The highest BCUT2D eigenvalue weighted by molar-refractivity contribution is 5.98. The Hall–Kier alpha value is -1.51. The number of rotatable bonds is 9. The largest absolute Gasteiger partial charge is 0.507 e. The van der Waals surface area contributed by atoms with E-state index in [1.807, 2.05) is 0 Å². The minimum atomic E-state index is -0.00751. The highest BCUT2D eigenvalue weighted by Gasteiger charge is 2.12. The molecule has 3 heteroatoms. The third kappa shape index (κ3) is 5.33. The average molecular weight is 264 g/mol. The molecule has 0 heterocycles. The van der Waals surface area contributed by atoms with Gasteiger partial charge in [0.05, 0.1) is 12.2 Å². The third-order valence-electron chi connectivity index (χ3n) is 3.04. The number of carbonyl (C=O) groups excluding carboxylic acids is 1. The zero-order valence-electron chi connectivity index (χ0n) is 11.9. The van der Waals surface area contributed by atoms with Gasteiger partial charge in [0.15, 0.2) is 5.78 Å². The van der Waals surface area contributed by atoms with Crippen LogP contribution in [0.25, 0.3) is 0 Å². The van der Waals surface area contributed by atoms with Crippen LogP contribution in [0.4, 0.5) is 0 Å². The summed E-state index contributed by atoms with van der Waals surface area (Å²) >= 11 is 0. The summed E-state index contributed by atoms with van der Waals surface area (Å²) < 4.78 is 5.55. The van der Waals surface area contributed by atoms with Crippen LogP contribution in [-0.2, 0) is 0 Å². The standard InChI is InChI=1S/C16H24O3/c1-3-5-7-8-15(17)14-12-13(9-10-16(14)18)19-11-6-4-2/h9-10,12,18H,3-8,11H2,1-2H3. The molecule has 0 aliphatic rings. The Morgan fingerprint density at radius 3 is 2.58 bits per heavy atom. The number of phenols is 1. The van der Waals surface area contributed by atoms with Crippen LogP contribution in [0.2, 0.25) is 0 Å². The number of aromatic hydroxyl groups is 1. The second kappa shape index (κ2) is 8.57. The molecule has 0 atom stereocenters. The molecule has 0 aromatic heterocycles. The van der Waals surface area contributed by atoms with Crippen molar-refractivity contribution in [3.05, 3.63) is 23.8 Å². The first kappa shape index (κ1) is 15.5. The van der Waals surface area contributed by atoms with E-state index in [2.05, 4.69) is 13.8 Å². The lowest BCUT2D eigenvalue weighted by Crippen LogP contribution is -2.02. The molecule has 0 radical (unpaired) electrons. The number of ketones is 1. The van der Waals surface area contributed by atoms with E-state index >= 15 is 0 Å². The lowest BCUT2D eigenvalue weighted by atomic mass is 10.0. The summed E-state index contributed by atoms with van der Waals surface area (Å²) in [4.78, 5) is 12.0. The van der Waals surface area contributed by atoms with Gasteiger partial charge in [-0.15, -0.1) is 0 Å². The number of hydrogen-bond acceptors (Lipinski definition) is 3. The molecule has 1 rings (SSSR count). The third-order valence-corrected chi connectivity index (χ3v) is 3.04. The van der Waals surface area contributed by atoms with E-state index in [0.29, 0.717) is 24.3 Å². The van der Waals surface area contributed by atoms with Crippen LogP contribution in [0.1, 0.15) is 62.7 Å². The van der Waals surface area contributed by atoms with Crippen molar-refractivity contribution in [3.8, 4) is 11.5 Å². The van der Waals surface area contributed by atoms with Gasteiger partial charge in [-0.25, -0.2) is 0 Å². The van der Waals surface area contributed by atoms with E-state index in [4.69, 9.17) is 4.74 Å². The number of Topliss-reactive ketones (excluding diaryl/α,β-unsaturated/α-hetero) is 1. The van der Waals surface area contributed by atoms with Gasteiger partial charge in [-0.1, -0.05) is 33.1 Å². The van der Waals surface area contributed by atoms with Crippen molar-refractivity contribution in [2.45, 2.75) is 52.4 Å². The number of benzene rings is 1. The van der Waals surface area contributed by atoms with Crippen molar-refractivity contribution < 1.29 is 14.6 Å². The summed E-state index contributed by atoms with van der Waals surface area (Å²) in [5.41, 5.74) is 0.380. The Morgan fingerprint density at radius 2 is 1.89 bits per heavy atom. The monoisotopic (exact) mass is 264 g/mol. The van der Waals surface area contributed by atoms with Crippen LogP contribution in [0.15, 0.2) is 18.2 Å². The lowest BCUT2D eigenvalue weighted by Gasteiger charge is -2.09. The van der Waals surface area contributed by atoms with E-state index in [1.165, 1.54) is 6.07 Å². The first-order valence-corrected chi connectivity index (χ1v) is 7.18. The molecule has 0 saturated heterocycles. The minimum Gasteiger partial charge on any atom is -0.507 e. The van der Waals surface area contributed by atoms with Gasteiger partial charge in [0.1, 0.15) is 11.5 Å². The van der Waals surface area contributed by atoms with Crippen molar-refractivity contribution in [3.63, 3.8) is 0 Å². The highest BCUT2D eigenvalue weighted by atomic mass is 16.5.